The van der Waals surface area contributed by atoms with Gasteiger partial charge < -0.3 is 10.1 Å². The number of hydrogen-bond donors (Lipinski definition) is 2. The number of carbonyl (C=O) groups excluding carboxylic acids is 1. The van der Waals surface area contributed by atoms with Crippen molar-refractivity contribution in [2.75, 3.05) is 7.05 Å². The van der Waals surface area contributed by atoms with E-state index in [-0.39, 0.29) is 17.3 Å². The molecule has 2 N–H and O–H groups in total. The fraction of sp³-hybridized carbons (Fsp3) is 0.174. The highest BCUT2D eigenvalue weighted by molar-refractivity contribution is 7.89. The summed E-state index contributed by atoms with van der Waals surface area (Å²) >= 11 is 0. The predicted octanol–water partition coefficient (Wildman–Crippen LogP) is 3.35. The van der Waals surface area contributed by atoms with E-state index in [0.717, 1.165) is 16.7 Å². The number of ether oxygens (including phenoxy) is 1. The molecule has 3 aromatic rings. The van der Waals surface area contributed by atoms with E-state index in [0.29, 0.717) is 5.75 Å². The molecular weight excluding hydrogens is 400 g/mol. The van der Waals surface area contributed by atoms with Gasteiger partial charge in [0.25, 0.3) is 5.91 Å². The molecule has 0 aromatic heterocycles. The minimum Gasteiger partial charge on any atom is -0.481 e. The van der Waals surface area contributed by atoms with Gasteiger partial charge >= 0.3 is 0 Å². The van der Waals surface area contributed by atoms with Crippen molar-refractivity contribution in [3.8, 4) is 16.9 Å². The molecule has 1 amide bonds. The van der Waals surface area contributed by atoms with Crippen LogP contribution in [0, 0.1) is 0 Å². The molecule has 0 spiro atoms. The van der Waals surface area contributed by atoms with Gasteiger partial charge in [0.05, 0.1) is 4.90 Å². The van der Waals surface area contributed by atoms with Crippen LogP contribution in [0.1, 0.15) is 12.5 Å². The summed E-state index contributed by atoms with van der Waals surface area (Å²) < 4.78 is 31.5. The van der Waals surface area contributed by atoms with Gasteiger partial charge in [0.2, 0.25) is 10.0 Å². The Bertz CT molecular complexity index is 1080. The molecule has 0 aliphatic carbocycles. The maximum absolute atomic E-state index is 12.3. The first-order valence-electron chi connectivity index (χ1n) is 9.51. The van der Waals surface area contributed by atoms with Crippen LogP contribution in [0.3, 0.4) is 0 Å². The standard InChI is InChI=1S/C23H24N2O4S/c1-17(29-21-12-10-20(11-13-21)19-6-4-3-5-7-19)23(26)25-16-18-8-14-22(15-9-18)30(27,28)24-2/h3-15,17,24H,16H2,1-2H3,(H,25,26)/t17-/m1/s1. The summed E-state index contributed by atoms with van der Waals surface area (Å²) in [6.07, 6.45) is -0.670. The smallest absolute Gasteiger partial charge is 0.261 e. The molecule has 3 rings (SSSR count). The predicted molar refractivity (Wildman–Crippen MR) is 117 cm³/mol. The molecule has 0 aliphatic heterocycles. The largest absolute Gasteiger partial charge is 0.481 e. The second-order valence-electron chi connectivity index (χ2n) is 6.72. The zero-order valence-electron chi connectivity index (χ0n) is 16.8. The molecule has 0 unspecified atom stereocenters. The van der Waals surface area contributed by atoms with Crippen LogP contribution in [-0.4, -0.2) is 27.5 Å². The zero-order valence-corrected chi connectivity index (χ0v) is 17.6. The van der Waals surface area contributed by atoms with Gasteiger partial charge in [0, 0.05) is 6.54 Å². The molecule has 1 atom stereocenters. The van der Waals surface area contributed by atoms with E-state index in [4.69, 9.17) is 4.74 Å². The highest BCUT2D eigenvalue weighted by atomic mass is 32.2. The van der Waals surface area contributed by atoms with E-state index in [9.17, 15) is 13.2 Å². The lowest BCUT2D eigenvalue weighted by molar-refractivity contribution is -0.127. The van der Waals surface area contributed by atoms with Crippen LogP contribution in [0.25, 0.3) is 11.1 Å². The average molecular weight is 425 g/mol. The van der Waals surface area contributed by atoms with Gasteiger partial charge in [-0.15, -0.1) is 0 Å². The molecule has 0 fully saturated rings. The van der Waals surface area contributed by atoms with Crippen molar-refractivity contribution in [1.82, 2.24) is 10.0 Å². The minimum atomic E-state index is -3.47. The maximum Gasteiger partial charge on any atom is 0.261 e. The summed E-state index contributed by atoms with van der Waals surface area (Å²) in [7, 11) is -2.11. The molecule has 3 aromatic carbocycles. The second-order valence-corrected chi connectivity index (χ2v) is 8.61. The van der Waals surface area contributed by atoms with Crippen LogP contribution in [0.2, 0.25) is 0 Å². The van der Waals surface area contributed by atoms with Gasteiger partial charge in [-0.3, -0.25) is 4.79 Å². The molecule has 156 valence electrons. The molecule has 0 heterocycles. The first kappa shape index (κ1) is 21.5. The monoisotopic (exact) mass is 424 g/mol. The molecule has 0 saturated carbocycles. The maximum atomic E-state index is 12.3. The van der Waals surface area contributed by atoms with Crippen molar-refractivity contribution >= 4 is 15.9 Å². The third kappa shape index (κ3) is 5.46. The van der Waals surface area contributed by atoms with Crippen molar-refractivity contribution in [1.29, 1.82) is 0 Å². The van der Waals surface area contributed by atoms with E-state index in [1.165, 1.54) is 19.2 Å². The lowest BCUT2D eigenvalue weighted by atomic mass is 10.1. The summed E-state index contributed by atoms with van der Waals surface area (Å²) in [6, 6.07) is 23.9. The third-order valence-corrected chi connectivity index (χ3v) is 6.04. The number of benzene rings is 3. The van der Waals surface area contributed by atoms with Gasteiger partial charge in [-0.2, -0.15) is 0 Å². The Morgan fingerprint density at radius 3 is 2.10 bits per heavy atom. The number of amides is 1. The van der Waals surface area contributed by atoms with Gasteiger partial charge in [0.1, 0.15) is 5.75 Å². The van der Waals surface area contributed by atoms with E-state index in [2.05, 4.69) is 10.0 Å². The first-order valence-corrected chi connectivity index (χ1v) is 11.0. The lowest BCUT2D eigenvalue weighted by Gasteiger charge is -2.15. The highest BCUT2D eigenvalue weighted by Gasteiger charge is 2.15. The number of hydrogen-bond acceptors (Lipinski definition) is 4. The van der Waals surface area contributed by atoms with Crippen molar-refractivity contribution in [2.24, 2.45) is 0 Å². The van der Waals surface area contributed by atoms with E-state index >= 15 is 0 Å². The normalized spacial score (nSPS) is 12.2. The van der Waals surface area contributed by atoms with Crippen molar-refractivity contribution < 1.29 is 17.9 Å². The fourth-order valence-corrected chi connectivity index (χ4v) is 3.58. The Hall–Kier alpha value is -3.16. The molecule has 6 nitrogen and oxygen atoms in total. The zero-order chi connectivity index (χ0) is 21.6. The molecule has 0 aliphatic rings. The van der Waals surface area contributed by atoms with E-state index < -0.39 is 16.1 Å². The lowest BCUT2D eigenvalue weighted by Crippen LogP contribution is -2.35. The van der Waals surface area contributed by atoms with E-state index in [1.54, 1.807) is 19.1 Å². The summed E-state index contributed by atoms with van der Waals surface area (Å²) in [6.45, 7) is 1.96. The number of rotatable bonds is 8. The van der Waals surface area contributed by atoms with Crippen LogP contribution in [0.4, 0.5) is 0 Å². The summed E-state index contributed by atoms with van der Waals surface area (Å²) in [5.74, 6) is 0.355. The topological polar surface area (TPSA) is 84.5 Å². The SMILES string of the molecule is CNS(=O)(=O)c1ccc(CNC(=O)[C@@H](C)Oc2ccc(-c3ccccc3)cc2)cc1. The van der Waals surface area contributed by atoms with Crippen molar-refractivity contribution in [2.45, 2.75) is 24.5 Å². The van der Waals surface area contributed by atoms with Gasteiger partial charge in [0.15, 0.2) is 6.10 Å². The second kappa shape index (κ2) is 9.56. The Balaban J connectivity index is 1.53. The van der Waals surface area contributed by atoms with Gasteiger partial charge in [-0.1, -0.05) is 54.6 Å². The van der Waals surface area contributed by atoms with Crippen molar-refractivity contribution in [3.05, 3.63) is 84.4 Å². The van der Waals surface area contributed by atoms with Crippen LogP contribution in [0.5, 0.6) is 5.75 Å². The van der Waals surface area contributed by atoms with Crippen LogP contribution in [-0.2, 0) is 21.4 Å². The highest BCUT2D eigenvalue weighted by Crippen LogP contribution is 2.22. The Morgan fingerprint density at radius 2 is 1.50 bits per heavy atom. The summed E-state index contributed by atoms with van der Waals surface area (Å²) in [5, 5.41) is 2.80. The molecule has 30 heavy (non-hydrogen) atoms. The van der Waals surface area contributed by atoms with Crippen molar-refractivity contribution in [3.63, 3.8) is 0 Å². The Morgan fingerprint density at radius 1 is 0.900 bits per heavy atom. The van der Waals surface area contributed by atoms with Crippen LogP contribution >= 0.6 is 0 Å². The fourth-order valence-electron chi connectivity index (χ4n) is 2.85. The van der Waals surface area contributed by atoms with Crippen LogP contribution in [0.15, 0.2) is 83.8 Å². The van der Waals surface area contributed by atoms with Gasteiger partial charge in [-0.25, -0.2) is 13.1 Å². The number of nitrogens with one attached hydrogen (secondary N) is 2. The third-order valence-electron chi connectivity index (χ3n) is 4.61. The van der Waals surface area contributed by atoms with Gasteiger partial charge in [-0.05, 0) is 54.9 Å². The first-order chi connectivity index (χ1) is 14.4. The number of carbonyl (C=O) groups is 1. The Labute approximate surface area is 177 Å². The van der Waals surface area contributed by atoms with Crippen LogP contribution < -0.4 is 14.8 Å². The molecule has 0 bridgehead atoms. The average Bonchev–Trinajstić information content (AvgIpc) is 2.78. The Kier molecular flexibility index (Phi) is 6.87. The molecular formula is C23H24N2O4S. The molecule has 0 saturated heterocycles. The molecule has 7 heteroatoms. The van der Waals surface area contributed by atoms with E-state index in [1.807, 2.05) is 54.6 Å². The molecule has 0 radical (unpaired) electrons. The summed E-state index contributed by atoms with van der Waals surface area (Å²) in [5.41, 5.74) is 2.98. The summed E-state index contributed by atoms with van der Waals surface area (Å²) in [4.78, 5) is 12.5. The number of sulfonamides is 1. The quantitative estimate of drug-likeness (QED) is 0.581. The minimum absolute atomic E-state index is 0.177.